The van der Waals surface area contributed by atoms with E-state index >= 15 is 0 Å². The van der Waals surface area contributed by atoms with Crippen molar-refractivity contribution in [3.8, 4) is 5.75 Å². The average Bonchev–Trinajstić information content (AvgIpc) is 2.65. The number of carbonyl (C=O) groups excluding carboxylic acids is 2. The Bertz CT molecular complexity index is 788. The summed E-state index contributed by atoms with van der Waals surface area (Å²) in [6.07, 6.45) is 3.24. The molecule has 0 fully saturated rings. The second-order valence-corrected chi connectivity index (χ2v) is 5.78. The highest BCUT2D eigenvalue weighted by Gasteiger charge is 2.04. The zero-order valence-electron chi connectivity index (χ0n) is 15.2. The summed E-state index contributed by atoms with van der Waals surface area (Å²) in [6, 6.07) is 13.3. The largest absolute Gasteiger partial charge is 0.494 e. The van der Waals surface area contributed by atoms with E-state index in [0.29, 0.717) is 25.3 Å². The van der Waals surface area contributed by atoms with Crippen LogP contribution in [0.25, 0.3) is 6.08 Å². The Kier molecular flexibility index (Phi) is 8.03. The number of carbonyl (C=O) groups is 2. The lowest BCUT2D eigenvalue weighted by Gasteiger charge is -2.06. The first-order chi connectivity index (χ1) is 13.1. The van der Waals surface area contributed by atoms with Gasteiger partial charge in [-0.05, 0) is 48.4 Å². The summed E-state index contributed by atoms with van der Waals surface area (Å²) in [5.74, 6) is -0.0528. The van der Waals surface area contributed by atoms with Gasteiger partial charge in [0.05, 0.1) is 13.0 Å². The normalized spacial score (nSPS) is 10.6. The fraction of sp³-hybridized carbons (Fsp3) is 0.238. The molecular formula is C21H23FN2O3. The van der Waals surface area contributed by atoms with Crippen LogP contribution in [-0.2, 0) is 16.0 Å². The minimum atomic E-state index is -0.369. The minimum absolute atomic E-state index is 0.101. The maximum Gasteiger partial charge on any atom is 0.244 e. The highest BCUT2D eigenvalue weighted by molar-refractivity contribution is 5.91. The number of hydrogen-bond acceptors (Lipinski definition) is 3. The van der Waals surface area contributed by atoms with Crippen molar-refractivity contribution in [2.24, 2.45) is 0 Å². The molecule has 2 aromatic rings. The van der Waals surface area contributed by atoms with Crippen molar-refractivity contribution in [3.63, 3.8) is 0 Å². The van der Waals surface area contributed by atoms with Gasteiger partial charge in [-0.2, -0.15) is 0 Å². The smallest absolute Gasteiger partial charge is 0.244 e. The minimum Gasteiger partial charge on any atom is -0.494 e. The molecule has 0 aliphatic rings. The third-order valence-corrected chi connectivity index (χ3v) is 3.62. The van der Waals surface area contributed by atoms with Crippen LogP contribution in [0, 0.1) is 5.82 Å². The van der Waals surface area contributed by atoms with Gasteiger partial charge in [-0.25, -0.2) is 4.39 Å². The van der Waals surface area contributed by atoms with Gasteiger partial charge in [0, 0.05) is 19.2 Å². The number of hydrogen-bond donors (Lipinski definition) is 2. The summed E-state index contributed by atoms with van der Waals surface area (Å²) in [4.78, 5) is 23.6. The van der Waals surface area contributed by atoms with E-state index in [2.05, 4.69) is 10.6 Å². The van der Waals surface area contributed by atoms with E-state index in [4.69, 9.17) is 4.74 Å². The molecule has 0 saturated heterocycles. The van der Waals surface area contributed by atoms with Crippen LogP contribution in [0.2, 0.25) is 0 Å². The topological polar surface area (TPSA) is 67.4 Å². The Balaban J connectivity index is 1.66. The molecule has 5 nitrogen and oxygen atoms in total. The van der Waals surface area contributed by atoms with Crippen molar-refractivity contribution in [2.75, 3.05) is 19.7 Å². The molecule has 0 saturated carbocycles. The summed E-state index contributed by atoms with van der Waals surface area (Å²) >= 11 is 0. The number of benzene rings is 2. The van der Waals surface area contributed by atoms with Crippen LogP contribution in [0.3, 0.4) is 0 Å². The van der Waals surface area contributed by atoms with E-state index in [0.717, 1.165) is 11.3 Å². The van der Waals surface area contributed by atoms with E-state index in [9.17, 15) is 14.0 Å². The highest BCUT2D eigenvalue weighted by Crippen LogP contribution is 2.12. The van der Waals surface area contributed by atoms with Crippen LogP contribution in [0.4, 0.5) is 4.39 Å². The summed E-state index contributed by atoms with van der Waals surface area (Å²) in [5.41, 5.74) is 1.49. The third kappa shape index (κ3) is 7.73. The van der Waals surface area contributed by atoms with Crippen LogP contribution in [0.15, 0.2) is 54.6 Å². The first-order valence-electron chi connectivity index (χ1n) is 8.76. The molecule has 2 amide bonds. The van der Waals surface area contributed by atoms with Crippen LogP contribution in [0.5, 0.6) is 5.75 Å². The van der Waals surface area contributed by atoms with Crippen molar-refractivity contribution in [3.05, 3.63) is 71.6 Å². The molecule has 0 aliphatic carbocycles. The maximum atomic E-state index is 13.1. The molecule has 2 N–H and O–H groups in total. The maximum absolute atomic E-state index is 13.1. The van der Waals surface area contributed by atoms with Crippen LogP contribution in [-0.4, -0.2) is 31.5 Å². The summed E-state index contributed by atoms with van der Waals surface area (Å²) in [5, 5.41) is 5.37. The van der Waals surface area contributed by atoms with Gasteiger partial charge in [0.15, 0.2) is 0 Å². The molecule has 0 unspecified atom stereocenters. The Labute approximate surface area is 158 Å². The van der Waals surface area contributed by atoms with E-state index in [-0.39, 0.29) is 24.1 Å². The Morgan fingerprint density at radius 2 is 1.81 bits per heavy atom. The number of amides is 2. The molecule has 0 atom stereocenters. The third-order valence-electron chi connectivity index (χ3n) is 3.62. The van der Waals surface area contributed by atoms with Gasteiger partial charge in [0.2, 0.25) is 11.8 Å². The zero-order chi connectivity index (χ0) is 19.5. The van der Waals surface area contributed by atoms with E-state index in [1.54, 1.807) is 18.2 Å². The average molecular weight is 370 g/mol. The van der Waals surface area contributed by atoms with E-state index < -0.39 is 0 Å². The monoisotopic (exact) mass is 370 g/mol. The summed E-state index contributed by atoms with van der Waals surface area (Å²) in [6.45, 7) is 3.14. The first-order valence-corrected chi connectivity index (χ1v) is 8.76. The van der Waals surface area contributed by atoms with Crippen LogP contribution in [0.1, 0.15) is 18.1 Å². The molecule has 0 heterocycles. The molecule has 6 heteroatoms. The molecular weight excluding hydrogens is 347 g/mol. The van der Waals surface area contributed by atoms with Gasteiger partial charge in [0.25, 0.3) is 0 Å². The second-order valence-electron chi connectivity index (χ2n) is 5.78. The number of halogens is 1. The summed E-state index contributed by atoms with van der Waals surface area (Å²) < 4.78 is 18.4. The van der Waals surface area contributed by atoms with Gasteiger partial charge in [-0.1, -0.05) is 24.3 Å². The second kappa shape index (κ2) is 10.8. The molecule has 2 rings (SSSR count). The lowest BCUT2D eigenvalue weighted by molar-refractivity contribution is -0.121. The molecule has 0 radical (unpaired) electrons. The van der Waals surface area contributed by atoms with Crippen LogP contribution < -0.4 is 15.4 Å². The molecule has 0 aromatic heterocycles. The van der Waals surface area contributed by atoms with E-state index in [1.807, 2.05) is 31.2 Å². The molecule has 27 heavy (non-hydrogen) atoms. The van der Waals surface area contributed by atoms with Crippen molar-refractivity contribution >= 4 is 17.9 Å². The molecule has 2 aromatic carbocycles. The Morgan fingerprint density at radius 3 is 2.52 bits per heavy atom. The van der Waals surface area contributed by atoms with Gasteiger partial charge in [-0.15, -0.1) is 0 Å². The SMILES string of the molecule is CCOc1ccc(/C=C/C(=O)NCCNC(=O)Cc2cccc(F)c2)cc1. The lowest BCUT2D eigenvalue weighted by atomic mass is 10.1. The number of ether oxygens (including phenoxy) is 1. The standard InChI is InChI=1S/C21H23FN2O3/c1-2-27-19-9-6-16(7-10-19)8-11-20(25)23-12-13-24-21(26)15-17-4-3-5-18(22)14-17/h3-11,14H,2,12-13,15H2,1H3,(H,23,25)(H,24,26)/b11-8+. The van der Waals surface area contributed by atoms with Gasteiger partial charge in [-0.3, -0.25) is 9.59 Å². The first kappa shape index (κ1) is 20.2. The van der Waals surface area contributed by atoms with E-state index in [1.165, 1.54) is 18.2 Å². The molecule has 0 spiro atoms. The van der Waals surface area contributed by atoms with Crippen LogP contribution >= 0.6 is 0 Å². The number of rotatable bonds is 9. The summed E-state index contributed by atoms with van der Waals surface area (Å²) in [7, 11) is 0. The Morgan fingerprint density at radius 1 is 1.07 bits per heavy atom. The zero-order valence-corrected chi connectivity index (χ0v) is 15.2. The van der Waals surface area contributed by atoms with Crippen molar-refractivity contribution in [1.29, 1.82) is 0 Å². The van der Waals surface area contributed by atoms with Crippen molar-refractivity contribution in [2.45, 2.75) is 13.3 Å². The van der Waals surface area contributed by atoms with Gasteiger partial charge < -0.3 is 15.4 Å². The fourth-order valence-electron chi connectivity index (χ4n) is 2.36. The van der Waals surface area contributed by atoms with Gasteiger partial charge >= 0.3 is 0 Å². The van der Waals surface area contributed by atoms with Gasteiger partial charge in [0.1, 0.15) is 11.6 Å². The highest BCUT2D eigenvalue weighted by atomic mass is 19.1. The predicted octanol–water partition coefficient (Wildman–Crippen LogP) is 2.71. The Hall–Kier alpha value is -3.15. The quantitative estimate of drug-likeness (QED) is 0.527. The molecule has 0 bridgehead atoms. The fourth-order valence-corrected chi connectivity index (χ4v) is 2.36. The van der Waals surface area contributed by atoms with Crippen molar-refractivity contribution in [1.82, 2.24) is 10.6 Å². The number of nitrogens with one attached hydrogen (secondary N) is 2. The lowest BCUT2D eigenvalue weighted by Crippen LogP contribution is -2.34. The van der Waals surface area contributed by atoms with Crippen molar-refractivity contribution < 1.29 is 18.7 Å². The molecule has 142 valence electrons. The molecule has 0 aliphatic heterocycles. The predicted molar refractivity (Wildman–Crippen MR) is 103 cm³/mol.